The number of hydrogen-bond acceptors (Lipinski definition) is 2. The van der Waals surface area contributed by atoms with Crippen molar-refractivity contribution in [2.45, 2.75) is 58.4 Å². The van der Waals surface area contributed by atoms with E-state index in [9.17, 15) is 0 Å². The van der Waals surface area contributed by atoms with Crippen molar-refractivity contribution in [3.05, 3.63) is 175 Å². The molecule has 0 heterocycles. The molecule has 7 aromatic carbocycles. The van der Waals surface area contributed by atoms with Crippen molar-refractivity contribution in [1.82, 2.24) is 0 Å². The van der Waals surface area contributed by atoms with Crippen LogP contribution in [0.4, 0.5) is 28.4 Å². The maximum absolute atomic E-state index is 2.52. The van der Waals surface area contributed by atoms with E-state index in [1.165, 1.54) is 38.4 Å². The fraction of sp³-hybridized carbons (Fsp3) is 0.191. The highest BCUT2D eigenvalue weighted by atomic mass is 15.2. The first-order chi connectivity index (χ1) is 23.8. The minimum Gasteiger partial charge on any atom is -0.331 e. The zero-order valence-corrected chi connectivity index (χ0v) is 29.4. The van der Waals surface area contributed by atoms with E-state index in [-0.39, 0.29) is 11.0 Å². The second kappa shape index (κ2) is 13.3. The predicted octanol–water partition coefficient (Wildman–Crippen LogP) is 13.6. The molecule has 2 nitrogen and oxygen atoms in total. The average molecular weight is 639 g/mol. The molecule has 7 aromatic rings. The van der Waals surface area contributed by atoms with Gasteiger partial charge in [0.05, 0.1) is 5.54 Å². The van der Waals surface area contributed by atoms with Gasteiger partial charge < -0.3 is 9.80 Å². The minimum atomic E-state index is -0.270. The van der Waals surface area contributed by atoms with Gasteiger partial charge in [0.15, 0.2) is 0 Å². The Morgan fingerprint density at radius 1 is 0.388 bits per heavy atom. The van der Waals surface area contributed by atoms with E-state index in [0.29, 0.717) is 0 Å². The summed E-state index contributed by atoms with van der Waals surface area (Å²) in [7, 11) is 0. The molecule has 0 saturated heterocycles. The fourth-order valence-corrected chi connectivity index (χ4v) is 7.10. The van der Waals surface area contributed by atoms with Gasteiger partial charge in [0.2, 0.25) is 0 Å². The Labute approximate surface area is 292 Å². The van der Waals surface area contributed by atoms with E-state index in [1.807, 2.05) is 0 Å². The second-order valence-electron chi connectivity index (χ2n) is 14.0. The Kier molecular flexibility index (Phi) is 8.73. The van der Waals surface area contributed by atoms with Crippen LogP contribution in [0.15, 0.2) is 164 Å². The average Bonchev–Trinajstić information content (AvgIpc) is 3.16. The molecule has 0 spiro atoms. The molecular weight excluding hydrogens is 593 g/mol. The number of anilines is 5. The van der Waals surface area contributed by atoms with Crippen LogP contribution >= 0.6 is 0 Å². The Morgan fingerprint density at radius 2 is 0.816 bits per heavy atom. The molecule has 0 aliphatic carbocycles. The molecule has 0 amide bonds. The molecule has 0 aliphatic rings. The smallest absolute Gasteiger partial charge is 0.0671 e. The van der Waals surface area contributed by atoms with E-state index in [0.717, 1.165) is 35.6 Å². The van der Waals surface area contributed by atoms with Crippen molar-refractivity contribution < 1.29 is 0 Å². The molecule has 0 saturated carbocycles. The van der Waals surface area contributed by atoms with Crippen molar-refractivity contribution in [2.24, 2.45) is 0 Å². The predicted molar refractivity (Wildman–Crippen MR) is 212 cm³/mol. The molecule has 0 aliphatic heterocycles. The SMILES string of the molecule is CCC(C)(C)c1ccc(C(C)(CC)N(c2ccccc2)c2ccc(N(c3ccc4ccccc4c3)c3ccc4ccccc4c3)cc2)cc1. The molecule has 0 N–H and O–H groups in total. The Hall–Kier alpha value is -5.34. The maximum atomic E-state index is 2.52. The molecule has 0 fully saturated rings. The Morgan fingerprint density at radius 3 is 1.33 bits per heavy atom. The quantitative estimate of drug-likeness (QED) is 0.147. The third-order valence-electron chi connectivity index (χ3n) is 10.7. The van der Waals surface area contributed by atoms with Crippen molar-refractivity contribution in [1.29, 1.82) is 0 Å². The van der Waals surface area contributed by atoms with Gasteiger partial charge in [0, 0.05) is 28.4 Å². The van der Waals surface area contributed by atoms with Gasteiger partial charge in [-0.25, -0.2) is 0 Å². The van der Waals surface area contributed by atoms with Crippen LogP contribution in [0.2, 0.25) is 0 Å². The van der Waals surface area contributed by atoms with E-state index >= 15 is 0 Å². The summed E-state index contributed by atoms with van der Waals surface area (Å²) in [4.78, 5) is 4.90. The van der Waals surface area contributed by atoms with Crippen LogP contribution < -0.4 is 9.80 Å². The molecule has 7 rings (SSSR count). The topological polar surface area (TPSA) is 6.48 Å². The van der Waals surface area contributed by atoms with Gasteiger partial charge in [-0.2, -0.15) is 0 Å². The summed E-state index contributed by atoms with van der Waals surface area (Å²) in [6, 6.07) is 60.0. The third-order valence-corrected chi connectivity index (χ3v) is 10.7. The number of fused-ring (bicyclic) bond motifs is 2. The van der Waals surface area contributed by atoms with Crippen LogP contribution in [0.3, 0.4) is 0 Å². The van der Waals surface area contributed by atoms with Crippen molar-refractivity contribution in [3.63, 3.8) is 0 Å². The monoisotopic (exact) mass is 638 g/mol. The fourth-order valence-electron chi connectivity index (χ4n) is 7.10. The normalized spacial score (nSPS) is 12.9. The van der Waals surface area contributed by atoms with E-state index in [4.69, 9.17) is 0 Å². The number of nitrogens with zero attached hydrogens (tertiary/aromatic N) is 2. The molecule has 1 atom stereocenters. The van der Waals surface area contributed by atoms with Crippen molar-refractivity contribution in [2.75, 3.05) is 9.80 Å². The summed E-state index contributed by atoms with van der Waals surface area (Å²) in [5.74, 6) is 0. The van der Waals surface area contributed by atoms with Gasteiger partial charge in [0.25, 0.3) is 0 Å². The van der Waals surface area contributed by atoms with Gasteiger partial charge in [-0.15, -0.1) is 0 Å². The maximum Gasteiger partial charge on any atom is 0.0671 e. The Balaban J connectivity index is 1.34. The number of hydrogen-bond donors (Lipinski definition) is 0. The lowest BCUT2D eigenvalue weighted by atomic mass is 9.79. The number of para-hydroxylation sites is 1. The lowest BCUT2D eigenvalue weighted by Crippen LogP contribution is -2.40. The summed E-state index contributed by atoms with van der Waals surface area (Å²) in [6.45, 7) is 11.6. The second-order valence-corrected chi connectivity index (χ2v) is 14.0. The van der Waals surface area contributed by atoms with Crippen molar-refractivity contribution >= 4 is 50.0 Å². The van der Waals surface area contributed by atoms with Gasteiger partial charge in [-0.05, 0) is 119 Å². The molecule has 0 bridgehead atoms. The molecule has 0 aromatic heterocycles. The summed E-state index contributed by atoms with van der Waals surface area (Å²) in [5.41, 5.74) is 8.30. The minimum absolute atomic E-state index is 0.151. The molecule has 1 unspecified atom stereocenters. The zero-order valence-electron chi connectivity index (χ0n) is 29.4. The van der Waals surface area contributed by atoms with Crippen LogP contribution in [-0.2, 0) is 11.0 Å². The van der Waals surface area contributed by atoms with Gasteiger partial charge in [-0.3, -0.25) is 0 Å². The molecule has 0 radical (unpaired) electrons. The lowest BCUT2D eigenvalue weighted by Gasteiger charge is -2.43. The van der Waals surface area contributed by atoms with E-state index < -0.39 is 0 Å². The van der Waals surface area contributed by atoms with Crippen LogP contribution in [-0.4, -0.2) is 0 Å². The van der Waals surface area contributed by atoms with Crippen LogP contribution in [0, 0.1) is 0 Å². The zero-order chi connectivity index (χ0) is 34.0. The van der Waals surface area contributed by atoms with Gasteiger partial charge in [-0.1, -0.05) is 131 Å². The van der Waals surface area contributed by atoms with E-state index in [1.54, 1.807) is 0 Å². The highest BCUT2D eigenvalue weighted by molar-refractivity contribution is 5.92. The van der Waals surface area contributed by atoms with Crippen LogP contribution in [0.1, 0.15) is 58.6 Å². The summed E-state index contributed by atoms with van der Waals surface area (Å²) >= 11 is 0. The summed E-state index contributed by atoms with van der Waals surface area (Å²) in [6.07, 6.45) is 2.05. The standard InChI is InChI=1S/C47H46N2/c1-6-46(3,4)39-23-25-40(26-24-39)47(5,7-2)49(42-19-9-8-10-20-42)43-31-29-41(30-32-43)48(44-27-21-35-15-11-13-17-37(35)33-44)45-28-22-36-16-12-14-18-38(36)34-45/h8-34H,6-7H2,1-5H3. The first-order valence-electron chi connectivity index (χ1n) is 17.6. The molecule has 244 valence electrons. The Bertz CT molecular complexity index is 2100. The van der Waals surface area contributed by atoms with Crippen LogP contribution in [0.5, 0.6) is 0 Å². The number of benzene rings is 7. The van der Waals surface area contributed by atoms with Gasteiger partial charge in [0.1, 0.15) is 0 Å². The summed E-state index contributed by atoms with van der Waals surface area (Å²) < 4.78 is 0. The largest absolute Gasteiger partial charge is 0.331 e. The summed E-state index contributed by atoms with van der Waals surface area (Å²) in [5, 5.41) is 4.93. The van der Waals surface area contributed by atoms with E-state index in [2.05, 4.69) is 208 Å². The lowest BCUT2D eigenvalue weighted by molar-refractivity contribution is 0.462. The van der Waals surface area contributed by atoms with Crippen LogP contribution in [0.25, 0.3) is 21.5 Å². The molecular formula is C47H46N2. The highest BCUT2D eigenvalue weighted by Crippen LogP contribution is 2.44. The molecule has 2 heteroatoms. The number of rotatable bonds is 10. The first kappa shape index (κ1) is 32.2. The highest BCUT2D eigenvalue weighted by Gasteiger charge is 2.34. The van der Waals surface area contributed by atoms with Gasteiger partial charge >= 0.3 is 0 Å². The third kappa shape index (κ3) is 6.20. The molecule has 49 heavy (non-hydrogen) atoms. The van der Waals surface area contributed by atoms with Crippen molar-refractivity contribution in [3.8, 4) is 0 Å². The first-order valence-corrected chi connectivity index (χ1v) is 17.6.